The van der Waals surface area contributed by atoms with E-state index in [0.717, 1.165) is 31.6 Å². The minimum atomic E-state index is -0.522. The van der Waals surface area contributed by atoms with Crippen molar-refractivity contribution in [3.05, 3.63) is 35.4 Å². The predicted molar refractivity (Wildman–Crippen MR) is 85.7 cm³/mol. The van der Waals surface area contributed by atoms with Crippen LogP contribution in [0.15, 0.2) is 24.3 Å². The molecular weight excluding hydrogens is 459 g/mol. The van der Waals surface area contributed by atoms with Gasteiger partial charge in [-0.1, -0.05) is 0 Å². The molecule has 0 saturated carbocycles. The topological polar surface area (TPSA) is 62.2 Å². The molecule has 21 heavy (non-hydrogen) atoms. The molecule has 3 radical (unpaired) electrons. The third-order valence-corrected chi connectivity index (χ3v) is 4.64. The Morgan fingerprint density at radius 2 is 1.90 bits per heavy atom. The number of carbonyl (C=O) groups is 1. The molecule has 0 aromatic heterocycles. The standard InChI is InChI=1S/C16H23N2O2.Pb/c1-5-20-15(19)14(18)10-13(17)11-6-8-12(9-7-11)16(2,3)4;/h6-9,13,17-18H,5,10H2,1-4H3;/q-1;+1. The van der Waals surface area contributed by atoms with Crippen LogP contribution in [0, 0.1) is 5.41 Å². The Hall–Kier alpha value is -0.758. The van der Waals surface area contributed by atoms with Crippen molar-refractivity contribution in [1.82, 2.24) is 3.13 Å². The Labute approximate surface area is 143 Å². The summed E-state index contributed by atoms with van der Waals surface area (Å²) in [7, 11) is 0. The molecular formula is C16H23N2O2Pb. The quantitative estimate of drug-likeness (QED) is 0.372. The van der Waals surface area contributed by atoms with Gasteiger partial charge in [0.15, 0.2) is 0 Å². The Kier molecular flexibility index (Phi) is 6.99. The van der Waals surface area contributed by atoms with E-state index in [0.29, 0.717) is 13.0 Å². The number of ether oxygens (including phenoxy) is 1. The molecule has 0 spiro atoms. The molecule has 0 bridgehead atoms. The van der Waals surface area contributed by atoms with Crippen molar-refractivity contribution in [2.75, 3.05) is 6.61 Å². The van der Waals surface area contributed by atoms with Crippen LogP contribution in [0.5, 0.6) is 0 Å². The van der Waals surface area contributed by atoms with Crippen molar-refractivity contribution in [3.8, 4) is 0 Å². The first kappa shape index (κ1) is 18.3. The maximum absolute atomic E-state index is 11.5. The number of benzene rings is 1. The van der Waals surface area contributed by atoms with Crippen LogP contribution in [0.1, 0.15) is 51.3 Å². The molecule has 1 aromatic rings. The first-order chi connectivity index (χ1) is 9.79. The summed E-state index contributed by atoms with van der Waals surface area (Å²) in [6.07, 6.45) is 0.358. The molecule has 113 valence electrons. The second-order valence-corrected chi connectivity index (χ2v) is 7.09. The van der Waals surface area contributed by atoms with Crippen molar-refractivity contribution in [1.29, 1.82) is 5.41 Å². The fourth-order valence-corrected chi connectivity index (χ4v) is 3.02. The summed E-state index contributed by atoms with van der Waals surface area (Å²) in [5, 5.41) is 7.82. The maximum atomic E-state index is 11.5. The summed E-state index contributed by atoms with van der Waals surface area (Å²) < 4.78 is 8.16. The molecule has 0 fully saturated rings. The number of hydrogen-bond donors (Lipinski definition) is 2. The van der Waals surface area contributed by atoms with Gasteiger partial charge in [0.2, 0.25) is 0 Å². The Morgan fingerprint density at radius 1 is 1.33 bits per heavy atom. The molecule has 5 heteroatoms. The van der Waals surface area contributed by atoms with Crippen molar-refractivity contribution < 1.29 is 9.53 Å². The van der Waals surface area contributed by atoms with E-state index < -0.39 is 5.97 Å². The number of hydrogen-bond acceptors (Lipinski definition) is 4. The van der Waals surface area contributed by atoms with Crippen LogP contribution < -0.4 is 3.13 Å². The van der Waals surface area contributed by atoms with Crippen molar-refractivity contribution in [3.63, 3.8) is 0 Å². The van der Waals surface area contributed by atoms with Gasteiger partial charge in [0.1, 0.15) is 0 Å². The predicted octanol–water partition coefficient (Wildman–Crippen LogP) is 2.67. The van der Waals surface area contributed by atoms with Gasteiger partial charge in [-0.3, -0.25) is 0 Å². The molecule has 1 rings (SSSR count). The van der Waals surface area contributed by atoms with Gasteiger partial charge in [-0.05, 0) is 0 Å². The summed E-state index contributed by atoms with van der Waals surface area (Å²) in [5.74, 6) is -0.522. The third-order valence-electron chi connectivity index (χ3n) is 3.28. The van der Waals surface area contributed by atoms with Crippen molar-refractivity contribution in [2.24, 2.45) is 0 Å². The van der Waals surface area contributed by atoms with Crippen LogP contribution in [0.3, 0.4) is 0 Å². The number of carbonyl (C=O) groups excluding carboxylic acids is 1. The van der Waals surface area contributed by atoms with Gasteiger partial charge in [-0.15, -0.1) is 0 Å². The second kappa shape index (κ2) is 8.03. The molecule has 2 N–H and O–H groups in total. The monoisotopic (exact) mass is 483 g/mol. The molecule has 1 unspecified atom stereocenters. The van der Waals surface area contributed by atoms with Gasteiger partial charge >= 0.3 is 143 Å². The molecule has 0 heterocycles. The Morgan fingerprint density at radius 3 is 2.33 bits per heavy atom. The van der Waals surface area contributed by atoms with Crippen molar-refractivity contribution >= 4 is 37.7 Å². The summed E-state index contributed by atoms with van der Waals surface area (Å²) in [6.45, 7) is 8.60. The van der Waals surface area contributed by atoms with Crippen LogP contribution in [0.25, 0.3) is 0 Å². The first-order valence-corrected chi connectivity index (χ1v) is 9.01. The molecule has 0 aliphatic carbocycles. The Balaban J connectivity index is 2.81. The number of esters is 1. The van der Waals surface area contributed by atoms with Gasteiger partial charge in [0.25, 0.3) is 0 Å². The van der Waals surface area contributed by atoms with Crippen LogP contribution in [0.2, 0.25) is 0 Å². The molecule has 0 saturated heterocycles. The minimum absolute atomic E-state index is 0.00240. The summed E-state index contributed by atoms with van der Waals surface area (Å²) >= 11 is 0.801. The fourth-order valence-electron chi connectivity index (χ4n) is 1.97. The van der Waals surface area contributed by atoms with Crippen LogP contribution in [-0.2, 0) is 14.9 Å². The van der Waals surface area contributed by atoms with Gasteiger partial charge in [0.05, 0.1) is 0 Å². The summed E-state index contributed by atoms with van der Waals surface area (Å²) in [5.41, 5.74) is 2.52. The fraction of sp³-hybridized carbons (Fsp3) is 0.500. The summed E-state index contributed by atoms with van der Waals surface area (Å²) in [4.78, 5) is 11.5. The van der Waals surface area contributed by atoms with Gasteiger partial charge in [-0.2, -0.15) is 0 Å². The van der Waals surface area contributed by atoms with Gasteiger partial charge in [-0.25, -0.2) is 0 Å². The molecule has 4 nitrogen and oxygen atoms in total. The zero-order valence-corrected chi connectivity index (χ0v) is 17.0. The molecule has 0 amide bonds. The SMILES string of the molecule is CCOC(=O)C(=N)CC([NH][Pb])c1ccc(C(C)(C)C)cc1. The van der Waals surface area contributed by atoms with Gasteiger partial charge < -0.3 is 0 Å². The van der Waals surface area contributed by atoms with E-state index in [1.165, 1.54) is 5.56 Å². The molecule has 1 atom stereocenters. The zero-order valence-electron chi connectivity index (χ0n) is 13.1. The van der Waals surface area contributed by atoms with E-state index in [1.807, 2.05) is 0 Å². The normalized spacial score (nSPS) is 12.8. The average molecular weight is 483 g/mol. The van der Waals surface area contributed by atoms with E-state index in [2.05, 4.69) is 48.2 Å². The van der Waals surface area contributed by atoms with Crippen molar-refractivity contribution in [2.45, 2.75) is 45.6 Å². The third kappa shape index (κ3) is 5.50. The zero-order chi connectivity index (χ0) is 16.0. The first-order valence-electron chi connectivity index (χ1n) is 7.06. The van der Waals surface area contributed by atoms with E-state index >= 15 is 0 Å². The van der Waals surface area contributed by atoms with E-state index in [9.17, 15) is 4.79 Å². The molecule has 1 aromatic carbocycles. The second-order valence-electron chi connectivity index (χ2n) is 5.97. The average Bonchev–Trinajstić information content (AvgIpc) is 2.44. The molecule has 0 aliphatic heterocycles. The van der Waals surface area contributed by atoms with Gasteiger partial charge in [0, 0.05) is 0 Å². The van der Waals surface area contributed by atoms with Crippen LogP contribution in [-0.4, -0.2) is 44.4 Å². The summed E-state index contributed by atoms with van der Waals surface area (Å²) in [6, 6.07) is 8.40. The van der Waals surface area contributed by atoms with E-state index in [-0.39, 0.29) is 17.2 Å². The molecule has 0 aliphatic rings. The number of rotatable bonds is 6. The van der Waals surface area contributed by atoms with Crippen LogP contribution in [0.4, 0.5) is 0 Å². The van der Waals surface area contributed by atoms with Crippen LogP contribution >= 0.6 is 0 Å². The number of nitrogens with one attached hydrogen (secondary N) is 2. The van der Waals surface area contributed by atoms with E-state index in [1.54, 1.807) is 6.92 Å². The van der Waals surface area contributed by atoms with E-state index in [4.69, 9.17) is 10.1 Å². The Bertz CT molecular complexity index is 492.